The average Bonchev–Trinajstić information content (AvgIpc) is 2.66. The average molecular weight is 500 g/mol. The largest absolute Gasteiger partial charge is 0.508 e. The second kappa shape index (κ2) is 12.2. The monoisotopic (exact) mass is 500 g/mol. The Morgan fingerprint density at radius 3 is 2.39 bits per heavy atom. The summed E-state index contributed by atoms with van der Waals surface area (Å²) in [6.45, 7) is 5.61. The van der Waals surface area contributed by atoms with Crippen molar-refractivity contribution in [2.24, 2.45) is 4.99 Å². The summed E-state index contributed by atoms with van der Waals surface area (Å²) >= 11 is 0. The van der Waals surface area contributed by atoms with Gasteiger partial charge in [-0.25, -0.2) is 9.38 Å². The van der Waals surface area contributed by atoms with E-state index in [0.717, 1.165) is 5.56 Å². The Balaban J connectivity index is 0.00000392. The topological polar surface area (TPSA) is 85.8 Å². The van der Waals surface area contributed by atoms with Crippen LogP contribution in [0.3, 0.4) is 0 Å². The normalized spacial score (nSPS) is 10.8. The van der Waals surface area contributed by atoms with Crippen molar-refractivity contribution in [1.29, 1.82) is 0 Å². The van der Waals surface area contributed by atoms with Crippen LogP contribution >= 0.6 is 24.0 Å². The minimum absolute atomic E-state index is 0. The van der Waals surface area contributed by atoms with Gasteiger partial charge in [-0.3, -0.25) is 4.79 Å². The van der Waals surface area contributed by atoms with Crippen molar-refractivity contribution in [3.05, 3.63) is 65.0 Å². The van der Waals surface area contributed by atoms with Gasteiger partial charge in [0.1, 0.15) is 11.6 Å². The van der Waals surface area contributed by atoms with Crippen molar-refractivity contribution in [3.8, 4) is 5.75 Å². The second-order valence-electron chi connectivity index (χ2n) is 6.01. The quantitative estimate of drug-likeness (QED) is 0.204. The van der Waals surface area contributed by atoms with Crippen molar-refractivity contribution >= 4 is 35.8 Å². The highest BCUT2D eigenvalue weighted by Crippen LogP contribution is 2.10. The number of halogens is 2. The Hall–Kier alpha value is -2.36. The standard InChI is InChI=1S/C20H25FN4O2.HI/c1-3-22-20(25-13-15-5-4-14(2)18(21)12-15)24-11-10-23-19(27)16-6-8-17(26)9-7-16;/h4-9,12,26H,3,10-11,13H2,1-2H3,(H,23,27)(H2,22,24,25);1H. The first-order chi connectivity index (χ1) is 13.0. The first-order valence-corrected chi connectivity index (χ1v) is 8.84. The minimum atomic E-state index is -0.238. The molecule has 0 saturated heterocycles. The molecule has 0 spiro atoms. The van der Waals surface area contributed by atoms with E-state index in [1.54, 1.807) is 25.1 Å². The van der Waals surface area contributed by atoms with E-state index >= 15 is 0 Å². The molecule has 0 fully saturated rings. The molecule has 0 unspecified atom stereocenters. The van der Waals surface area contributed by atoms with Gasteiger partial charge in [0.15, 0.2) is 5.96 Å². The maximum atomic E-state index is 13.6. The zero-order valence-corrected chi connectivity index (χ0v) is 18.3. The predicted molar refractivity (Wildman–Crippen MR) is 120 cm³/mol. The first-order valence-electron chi connectivity index (χ1n) is 8.84. The molecule has 2 rings (SSSR count). The molecule has 0 heterocycles. The molecule has 2 aromatic rings. The minimum Gasteiger partial charge on any atom is -0.508 e. The highest BCUT2D eigenvalue weighted by atomic mass is 127. The molecule has 8 heteroatoms. The first kappa shape index (κ1) is 23.7. The number of nitrogens with one attached hydrogen (secondary N) is 3. The van der Waals surface area contributed by atoms with E-state index < -0.39 is 0 Å². The number of benzene rings is 2. The van der Waals surface area contributed by atoms with Crippen molar-refractivity contribution < 1.29 is 14.3 Å². The molecule has 0 aliphatic rings. The lowest BCUT2D eigenvalue weighted by Crippen LogP contribution is -2.41. The van der Waals surface area contributed by atoms with Crippen molar-refractivity contribution in [2.75, 3.05) is 19.6 Å². The number of amides is 1. The molecule has 6 nitrogen and oxygen atoms in total. The second-order valence-corrected chi connectivity index (χ2v) is 6.01. The fraction of sp³-hybridized carbons (Fsp3) is 0.300. The summed E-state index contributed by atoms with van der Waals surface area (Å²) in [4.78, 5) is 16.4. The molecule has 0 aliphatic carbocycles. The fourth-order valence-corrected chi connectivity index (χ4v) is 2.32. The van der Waals surface area contributed by atoms with Crippen LogP contribution in [0.15, 0.2) is 47.5 Å². The van der Waals surface area contributed by atoms with Gasteiger partial charge < -0.3 is 21.1 Å². The smallest absolute Gasteiger partial charge is 0.251 e. The summed E-state index contributed by atoms with van der Waals surface area (Å²) in [5.74, 6) is 0.261. The lowest BCUT2D eigenvalue weighted by Gasteiger charge is -2.12. The van der Waals surface area contributed by atoms with Crippen LogP contribution in [0.1, 0.15) is 28.4 Å². The zero-order valence-electron chi connectivity index (χ0n) is 16.0. The number of guanidine groups is 1. The highest BCUT2D eigenvalue weighted by Gasteiger charge is 2.05. The third-order valence-corrected chi connectivity index (χ3v) is 3.83. The van der Waals surface area contributed by atoms with Gasteiger partial charge in [0, 0.05) is 25.2 Å². The van der Waals surface area contributed by atoms with Gasteiger partial charge in [0.25, 0.3) is 5.91 Å². The van der Waals surface area contributed by atoms with Crippen LogP contribution in [0.5, 0.6) is 5.75 Å². The summed E-state index contributed by atoms with van der Waals surface area (Å²) in [5.41, 5.74) is 1.88. The molecule has 4 N–H and O–H groups in total. The van der Waals surface area contributed by atoms with Crippen LogP contribution in [0.2, 0.25) is 0 Å². The third-order valence-electron chi connectivity index (χ3n) is 3.83. The number of aliphatic imine (C=N–C) groups is 1. The number of phenolic OH excluding ortho intramolecular Hbond substituents is 1. The predicted octanol–water partition coefficient (Wildman–Crippen LogP) is 2.94. The van der Waals surface area contributed by atoms with Gasteiger partial charge in [-0.05, 0) is 55.3 Å². The number of aryl methyl sites for hydroxylation is 1. The lowest BCUT2D eigenvalue weighted by atomic mass is 10.1. The Labute approximate surface area is 181 Å². The number of aromatic hydroxyl groups is 1. The van der Waals surface area contributed by atoms with E-state index in [1.165, 1.54) is 18.2 Å². The molecular weight excluding hydrogens is 474 g/mol. The van der Waals surface area contributed by atoms with Gasteiger partial charge in [-0.15, -0.1) is 24.0 Å². The summed E-state index contributed by atoms with van der Waals surface area (Å²) in [6.07, 6.45) is 0. The summed E-state index contributed by atoms with van der Waals surface area (Å²) in [5, 5.41) is 18.3. The maximum absolute atomic E-state index is 13.6. The lowest BCUT2D eigenvalue weighted by molar-refractivity contribution is 0.0954. The Bertz CT molecular complexity index is 797. The van der Waals surface area contributed by atoms with Crippen molar-refractivity contribution in [1.82, 2.24) is 16.0 Å². The molecule has 28 heavy (non-hydrogen) atoms. The van der Waals surface area contributed by atoms with E-state index in [-0.39, 0.29) is 41.5 Å². The molecule has 0 saturated carbocycles. The van der Waals surface area contributed by atoms with Crippen LogP contribution in [0.25, 0.3) is 0 Å². The van der Waals surface area contributed by atoms with Gasteiger partial charge in [0.2, 0.25) is 0 Å². The molecule has 0 radical (unpaired) electrons. The Morgan fingerprint density at radius 1 is 1.07 bits per heavy atom. The summed E-state index contributed by atoms with van der Waals surface area (Å²) < 4.78 is 13.6. The number of phenols is 1. The molecule has 0 aliphatic heterocycles. The number of nitrogens with zero attached hydrogens (tertiary/aromatic N) is 1. The molecule has 152 valence electrons. The van der Waals surface area contributed by atoms with E-state index in [2.05, 4.69) is 20.9 Å². The number of hydrogen-bond acceptors (Lipinski definition) is 3. The SMILES string of the molecule is CCNC(=NCc1ccc(C)c(F)c1)NCCNC(=O)c1ccc(O)cc1.I. The van der Waals surface area contributed by atoms with E-state index in [0.29, 0.717) is 43.3 Å². The van der Waals surface area contributed by atoms with Crippen molar-refractivity contribution in [3.63, 3.8) is 0 Å². The molecule has 0 atom stereocenters. The van der Waals surface area contributed by atoms with E-state index in [9.17, 15) is 14.3 Å². The molecular formula is C20H26FIN4O2. The van der Waals surface area contributed by atoms with Crippen LogP contribution in [-0.4, -0.2) is 36.6 Å². The summed E-state index contributed by atoms with van der Waals surface area (Å²) in [7, 11) is 0. The molecule has 0 aromatic heterocycles. The van der Waals surface area contributed by atoms with Gasteiger partial charge >= 0.3 is 0 Å². The fourth-order valence-electron chi connectivity index (χ4n) is 2.32. The third kappa shape index (κ3) is 7.71. The Kier molecular flexibility index (Phi) is 10.3. The van der Waals surface area contributed by atoms with Crippen LogP contribution in [0.4, 0.5) is 4.39 Å². The van der Waals surface area contributed by atoms with Crippen LogP contribution in [0, 0.1) is 12.7 Å². The van der Waals surface area contributed by atoms with Gasteiger partial charge in [0.05, 0.1) is 6.54 Å². The Morgan fingerprint density at radius 2 is 1.75 bits per heavy atom. The molecule has 1 amide bonds. The van der Waals surface area contributed by atoms with Crippen molar-refractivity contribution in [2.45, 2.75) is 20.4 Å². The number of rotatable bonds is 7. The van der Waals surface area contributed by atoms with Gasteiger partial charge in [-0.2, -0.15) is 0 Å². The summed E-state index contributed by atoms with van der Waals surface area (Å²) in [6, 6.07) is 11.1. The zero-order chi connectivity index (χ0) is 19.6. The van der Waals surface area contributed by atoms with Crippen LogP contribution in [-0.2, 0) is 6.54 Å². The number of hydrogen-bond donors (Lipinski definition) is 4. The van der Waals surface area contributed by atoms with Gasteiger partial charge in [-0.1, -0.05) is 12.1 Å². The number of carbonyl (C=O) groups excluding carboxylic acids is 1. The molecule has 0 bridgehead atoms. The van der Waals surface area contributed by atoms with E-state index in [4.69, 9.17) is 0 Å². The number of carbonyl (C=O) groups is 1. The van der Waals surface area contributed by atoms with E-state index in [1.807, 2.05) is 13.0 Å². The van der Waals surface area contributed by atoms with Crippen LogP contribution < -0.4 is 16.0 Å². The highest BCUT2D eigenvalue weighted by molar-refractivity contribution is 14.0. The molecule has 2 aromatic carbocycles. The maximum Gasteiger partial charge on any atom is 0.251 e.